The van der Waals surface area contributed by atoms with Crippen LogP contribution in [-0.4, -0.2) is 9.97 Å². The zero-order chi connectivity index (χ0) is 16.9. The molecule has 0 bridgehead atoms. The molecule has 3 aromatic rings. The highest BCUT2D eigenvalue weighted by Crippen LogP contribution is 2.26. The lowest BCUT2D eigenvalue weighted by molar-refractivity contribution is 1.08. The van der Waals surface area contributed by atoms with Crippen LogP contribution in [0.15, 0.2) is 64.3 Å². The molecule has 0 saturated carbocycles. The van der Waals surface area contributed by atoms with Crippen LogP contribution in [0.2, 0.25) is 0 Å². The second-order valence-corrected chi connectivity index (χ2v) is 6.53. The van der Waals surface area contributed by atoms with Crippen molar-refractivity contribution in [3.63, 3.8) is 0 Å². The van der Waals surface area contributed by atoms with E-state index in [2.05, 4.69) is 22.1 Å². The van der Waals surface area contributed by atoms with Gasteiger partial charge in [0.1, 0.15) is 11.6 Å². The third-order valence-corrected chi connectivity index (χ3v) is 4.73. The molecule has 3 rings (SSSR count). The van der Waals surface area contributed by atoms with Crippen LogP contribution >= 0.6 is 24.0 Å². The number of nitrogens with one attached hydrogen (secondary N) is 2. The molecule has 2 aromatic carbocycles. The first kappa shape index (κ1) is 16.2. The zero-order valence-electron chi connectivity index (χ0n) is 12.6. The number of hydrogen-bond acceptors (Lipinski definition) is 4. The Balaban J connectivity index is 1.84. The van der Waals surface area contributed by atoms with Gasteiger partial charge in [0, 0.05) is 10.6 Å². The molecule has 2 N–H and O–H groups in total. The van der Waals surface area contributed by atoms with Gasteiger partial charge >= 0.3 is 0 Å². The Labute approximate surface area is 148 Å². The van der Waals surface area contributed by atoms with E-state index in [9.17, 15) is 10.1 Å². The van der Waals surface area contributed by atoms with Crippen LogP contribution < -0.4 is 5.56 Å². The van der Waals surface area contributed by atoms with E-state index >= 15 is 0 Å². The number of nitriles is 1. The molecule has 0 amide bonds. The summed E-state index contributed by atoms with van der Waals surface area (Å²) in [6, 6.07) is 19.9. The SMILES string of the molecule is N#Cc1c(-c2ccc(SCc3ccccc3)cc2)[nH]c(=S)[nH]c1=O. The predicted octanol–water partition coefficient (Wildman–Crippen LogP) is 4.26. The second kappa shape index (κ2) is 7.30. The standard InChI is InChI=1S/C18H13N3OS2/c19-10-15-16(20-18(23)21-17(15)22)13-6-8-14(9-7-13)24-11-12-4-2-1-3-5-12/h1-9H,11H2,(H2,20,21,22,23). The van der Waals surface area contributed by atoms with Crippen LogP contribution in [0.4, 0.5) is 0 Å². The summed E-state index contributed by atoms with van der Waals surface area (Å²) in [4.78, 5) is 18.3. The highest BCUT2D eigenvalue weighted by molar-refractivity contribution is 7.98. The minimum atomic E-state index is -0.473. The summed E-state index contributed by atoms with van der Waals surface area (Å²) in [5.74, 6) is 0.886. The van der Waals surface area contributed by atoms with Gasteiger partial charge in [-0.25, -0.2) is 0 Å². The minimum absolute atomic E-state index is 0.0355. The Bertz CT molecular complexity index is 999. The molecule has 0 fully saturated rings. The van der Waals surface area contributed by atoms with Gasteiger partial charge in [0.05, 0.1) is 5.69 Å². The van der Waals surface area contributed by atoms with E-state index < -0.39 is 5.56 Å². The number of H-pyrrole nitrogens is 2. The molecule has 0 aliphatic rings. The first-order valence-electron chi connectivity index (χ1n) is 7.21. The molecule has 0 spiro atoms. The molecule has 4 nitrogen and oxygen atoms in total. The quantitative estimate of drug-likeness (QED) is 0.544. The maximum absolute atomic E-state index is 11.8. The normalized spacial score (nSPS) is 10.3. The van der Waals surface area contributed by atoms with Crippen molar-refractivity contribution in [2.24, 2.45) is 0 Å². The van der Waals surface area contributed by atoms with Gasteiger partial charge in [-0.2, -0.15) is 5.26 Å². The summed E-state index contributed by atoms with van der Waals surface area (Å²) in [6.07, 6.45) is 0. The summed E-state index contributed by atoms with van der Waals surface area (Å²) in [6.45, 7) is 0. The van der Waals surface area contributed by atoms with Crippen molar-refractivity contribution in [2.75, 3.05) is 0 Å². The van der Waals surface area contributed by atoms with Crippen LogP contribution in [0.3, 0.4) is 0 Å². The van der Waals surface area contributed by atoms with Gasteiger partial charge in [-0.05, 0) is 35.5 Å². The number of nitrogens with zero attached hydrogens (tertiary/aromatic N) is 1. The maximum Gasteiger partial charge on any atom is 0.270 e. The van der Waals surface area contributed by atoms with Gasteiger partial charge in [0.25, 0.3) is 5.56 Å². The third kappa shape index (κ3) is 3.65. The molecule has 1 heterocycles. The molecule has 0 atom stereocenters. The van der Waals surface area contributed by atoms with E-state index in [-0.39, 0.29) is 10.3 Å². The molecule has 0 radical (unpaired) electrons. The lowest BCUT2D eigenvalue weighted by Gasteiger charge is -2.06. The monoisotopic (exact) mass is 351 g/mol. The van der Waals surface area contributed by atoms with Crippen molar-refractivity contribution < 1.29 is 0 Å². The van der Waals surface area contributed by atoms with Crippen molar-refractivity contribution in [1.82, 2.24) is 9.97 Å². The van der Waals surface area contributed by atoms with Gasteiger partial charge in [0.2, 0.25) is 0 Å². The maximum atomic E-state index is 11.8. The van der Waals surface area contributed by atoms with Gasteiger partial charge in [-0.15, -0.1) is 11.8 Å². The number of hydrogen-bond donors (Lipinski definition) is 2. The van der Waals surface area contributed by atoms with E-state index in [1.807, 2.05) is 48.5 Å². The minimum Gasteiger partial charge on any atom is -0.331 e. The number of rotatable bonds is 4. The fourth-order valence-electron chi connectivity index (χ4n) is 2.27. The first-order chi connectivity index (χ1) is 11.7. The molecule has 0 aliphatic heterocycles. The van der Waals surface area contributed by atoms with Gasteiger partial charge in [0.15, 0.2) is 4.77 Å². The Morgan fingerprint density at radius 3 is 2.42 bits per heavy atom. The van der Waals surface area contributed by atoms with Gasteiger partial charge in [-0.3, -0.25) is 9.78 Å². The molecule has 0 aliphatic carbocycles. The Hall–Kier alpha value is -2.62. The number of benzene rings is 2. The van der Waals surface area contributed by atoms with Crippen LogP contribution in [-0.2, 0) is 5.75 Å². The predicted molar refractivity (Wildman–Crippen MR) is 98.4 cm³/mol. The Kier molecular flexibility index (Phi) is 4.94. The molecule has 0 unspecified atom stereocenters. The average molecular weight is 351 g/mol. The fraction of sp³-hybridized carbons (Fsp3) is 0.0556. The summed E-state index contributed by atoms with van der Waals surface area (Å²) in [5, 5.41) is 9.19. The van der Waals surface area contributed by atoms with Crippen molar-refractivity contribution in [2.45, 2.75) is 10.6 Å². The van der Waals surface area contributed by atoms with Crippen LogP contribution in [0.5, 0.6) is 0 Å². The van der Waals surface area contributed by atoms with E-state index in [4.69, 9.17) is 12.2 Å². The van der Waals surface area contributed by atoms with Crippen LogP contribution in [0, 0.1) is 16.1 Å². The Morgan fingerprint density at radius 1 is 1.04 bits per heavy atom. The summed E-state index contributed by atoms with van der Waals surface area (Å²) >= 11 is 6.72. The van der Waals surface area contributed by atoms with Gasteiger partial charge in [-0.1, -0.05) is 42.5 Å². The topological polar surface area (TPSA) is 72.4 Å². The van der Waals surface area contributed by atoms with Crippen molar-refractivity contribution in [1.29, 1.82) is 5.26 Å². The lowest BCUT2D eigenvalue weighted by atomic mass is 10.1. The fourth-order valence-corrected chi connectivity index (χ4v) is 3.32. The van der Waals surface area contributed by atoms with Crippen molar-refractivity contribution >= 4 is 24.0 Å². The Morgan fingerprint density at radius 2 is 1.75 bits per heavy atom. The lowest BCUT2D eigenvalue weighted by Crippen LogP contribution is -2.13. The zero-order valence-corrected chi connectivity index (χ0v) is 14.2. The third-order valence-electron chi connectivity index (χ3n) is 3.45. The number of thioether (sulfide) groups is 1. The van der Waals surface area contributed by atoms with Crippen LogP contribution in [0.1, 0.15) is 11.1 Å². The molecule has 24 heavy (non-hydrogen) atoms. The smallest absolute Gasteiger partial charge is 0.270 e. The van der Waals surface area contributed by atoms with Crippen LogP contribution in [0.25, 0.3) is 11.3 Å². The van der Waals surface area contributed by atoms with Gasteiger partial charge < -0.3 is 4.98 Å². The first-order valence-corrected chi connectivity index (χ1v) is 8.60. The molecular weight excluding hydrogens is 338 g/mol. The van der Waals surface area contributed by atoms with E-state index in [0.717, 1.165) is 16.2 Å². The van der Waals surface area contributed by atoms with E-state index in [1.165, 1.54) is 5.56 Å². The summed E-state index contributed by atoms with van der Waals surface area (Å²) in [5.41, 5.74) is 2.03. The summed E-state index contributed by atoms with van der Waals surface area (Å²) < 4.78 is 0.205. The molecular formula is C18H13N3OS2. The van der Waals surface area contributed by atoms with Crippen molar-refractivity contribution in [3.8, 4) is 17.3 Å². The molecule has 1 aromatic heterocycles. The van der Waals surface area contributed by atoms with E-state index in [1.54, 1.807) is 11.8 Å². The summed E-state index contributed by atoms with van der Waals surface area (Å²) in [7, 11) is 0. The highest BCUT2D eigenvalue weighted by Gasteiger charge is 2.10. The molecule has 0 saturated heterocycles. The number of aromatic amines is 2. The molecule has 118 valence electrons. The second-order valence-electron chi connectivity index (χ2n) is 5.07. The van der Waals surface area contributed by atoms with Crippen molar-refractivity contribution in [3.05, 3.63) is 80.8 Å². The number of aromatic nitrogens is 2. The average Bonchev–Trinajstić information content (AvgIpc) is 2.61. The highest BCUT2D eigenvalue weighted by atomic mass is 32.2. The van der Waals surface area contributed by atoms with E-state index in [0.29, 0.717) is 5.69 Å². The largest absolute Gasteiger partial charge is 0.331 e. The molecule has 6 heteroatoms.